The normalized spacial score (nSPS) is 11.3. The number of hydrogen-bond acceptors (Lipinski definition) is 1. The molecule has 0 saturated carbocycles. The predicted molar refractivity (Wildman–Crippen MR) is 57.4 cm³/mol. The van der Waals surface area contributed by atoms with Crippen LogP contribution in [0.1, 0.15) is 0 Å². The average molecular weight is 255 g/mol. The van der Waals surface area contributed by atoms with E-state index in [1.165, 1.54) is 36.4 Å². The van der Waals surface area contributed by atoms with Crippen molar-refractivity contribution in [1.82, 2.24) is 0 Å². The van der Waals surface area contributed by atoms with E-state index in [9.17, 15) is 17.6 Å². The molecule has 2 aromatic carbocycles. The van der Waals surface area contributed by atoms with E-state index in [2.05, 4.69) is 10.8 Å². The zero-order valence-electron chi connectivity index (χ0n) is 8.96. The third kappa shape index (κ3) is 2.80. The van der Waals surface area contributed by atoms with Crippen molar-refractivity contribution in [2.45, 2.75) is 6.36 Å². The summed E-state index contributed by atoms with van der Waals surface area (Å²) in [6.07, 6.45) is -4.82. The minimum atomic E-state index is -4.82. The van der Waals surface area contributed by atoms with Gasteiger partial charge in [-0.05, 0) is 24.3 Å². The topological polar surface area (TPSA) is 9.23 Å². The molecule has 0 aliphatic rings. The molecule has 0 saturated heterocycles. The van der Waals surface area contributed by atoms with Crippen molar-refractivity contribution >= 4 is 0 Å². The quantitative estimate of drug-likeness (QED) is 0.731. The van der Waals surface area contributed by atoms with Gasteiger partial charge in [-0.1, -0.05) is 24.3 Å². The monoisotopic (exact) mass is 255 g/mol. The molecule has 0 atom stereocenters. The third-order valence-corrected chi connectivity index (χ3v) is 2.21. The molecule has 0 spiro atoms. The fourth-order valence-corrected chi connectivity index (χ4v) is 1.52. The van der Waals surface area contributed by atoms with E-state index in [0.717, 1.165) is 6.07 Å². The highest BCUT2D eigenvalue weighted by Gasteiger charge is 2.32. The van der Waals surface area contributed by atoms with Crippen molar-refractivity contribution in [3.63, 3.8) is 0 Å². The van der Waals surface area contributed by atoms with Crippen molar-refractivity contribution in [3.8, 4) is 16.9 Å². The van der Waals surface area contributed by atoms with Crippen molar-refractivity contribution < 1.29 is 22.3 Å². The Balaban J connectivity index is 2.49. The van der Waals surface area contributed by atoms with Crippen LogP contribution in [0.3, 0.4) is 0 Å². The van der Waals surface area contributed by atoms with E-state index < -0.39 is 17.9 Å². The smallest absolute Gasteiger partial charge is 0.405 e. The second kappa shape index (κ2) is 4.68. The fourth-order valence-electron chi connectivity index (χ4n) is 1.52. The lowest BCUT2D eigenvalue weighted by Gasteiger charge is -2.13. The van der Waals surface area contributed by atoms with Gasteiger partial charge in [-0.15, -0.1) is 13.2 Å². The molecule has 93 valence electrons. The molecule has 5 heteroatoms. The van der Waals surface area contributed by atoms with Crippen LogP contribution in [0.2, 0.25) is 0 Å². The van der Waals surface area contributed by atoms with E-state index in [1.807, 2.05) is 0 Å². The van der Waals surface area contributed by atoms with Crippen LogP contribution in [0.5, 0.6) is 5.75 Å². The van der Waals surface area contributed by atoms with Gasteiger partial charge in [-0.2, -0.15) is 0 Å². The third-order valence-electron chi connectivity index (χ3n) is 2.21. The zero-order chi connectivity index (χ0) is 13.2. The molecule has 1 radical (unpaired) electrons. The molecule has 18 heavy (non-hydrogen) atoms. The molecule has 0 N–H and O–H groups in total. The van der Waals surface area contributed by atoms with Gasteiger partial charge >= 0.3 is 6.36 Å². The van der Waals surface area contributed by atoms with Crippen LogP contribution in [0.15, 0.2) is 42.5 Å². The van der Waals surface area contributed by atoms with Gasteiger partial charge in [-0.25, -0.2) is 4.39 Å². The average Bonchev–Trinajstić information content (AvgIpc) is 2.29. The Bertz CT molecular complexity index is 549. The summed E-state index contributed by atoms with van der Waals surface area (Å²) in [5, 5.41) is 0. The molecule has 0 aromatic heterocycles. The molecule has 2 aromatic rings. The summed E-state index contributed by atoms with van der Waals surface area (Å²) >= 11 is 0. The molecule has 0 unspecified atom stereocenters. The second-order valence-electron chi connectivity index (χ2n) is 3.45. The summed E-state index contributed by atoms with van der Waals surface area (Å²) in [6, 6.07) is 11.7. The van der Waals surface area contributed by atoms with Gasteiger partial charge in [0.15, 0.2) is 0 Å². The van der Waals surface area contributed by atoms with Crippen molar-refractivity contribution in [2.24, 2.45) is 0 Å². The number of alkyl halides is 3. The Labute approximate surface area is 101 Å². The lowest BCUT2D eigenvalue weighted by Crippen LogP contribution is -2.17. The molecule has 0 aliphatic carbocycles. The van der Waals surface area contributed by atoms with Gasteiger partial charge in [0.05, 0.1) is 0 Å². The summed E-state index contributed by atoms with van der Waals surface area (Å²) in [7, 11) is 0. The lowest BCUT2D eigenvalue weighted by molar-refractivity contribution is -0.274. The van der Waals surface area contributed by atoms with E-state index >= 15 is 0 Å². The van der Waals surface area contributed by atoms with E-state index in [-0.39, 0.29) is 11.1 Å². The Kier molecular flexibility index (Phi) is 3.23. The first-order valence-corrected chi connectivity index (χ1v) is 4.98. The maximum Gasteiger partial charge on any atom is 0.573 e. The van der Waals surface area contributed by atoms with Crippen LogP contribution in [-0.4, -0.2) is 6.36 Å². The minimum Gasteiger partial charge on any atom is -0.405 e. The van der Waals surface area contributed by atoms with E-state index in [4.69, 9.17) is 0 Å². The Morgan fingerprint density at radius 1 is 1.00 bits per heavy atom. The standard InChI is InChI=1S/C13H7F4O/c14-11-7-3-1-5-9(11)10-6-2-4-8-12(10)18-13(15,16)17/h1,3-8H. The van der Waals surface area contributed by atoms with Crippen molar-refractivity contribution in [2.75, 3.05) is 0 Å². The number of halogens is 4. The molecular formula is C13H7F4O. The molecular weight excluding hydrogens is 248 g/mol. The maximum atomic E-state index is 13.5. The molecule has 0 bridgehead atoms. The summed E-state index contributed by atoms with van der Waals surface area (Å²) in [4.78, 5) is 0. The van der Waals surface area contributed by atoms with Crippen LogP contribution in [0.25, 0.3) is 11.1 Å². The highest BCUT2D eigenvalue weighted by Crippen LogP contribution is 2.34. The minimum absolute atomic E-state index is 0.00734. The van der Waals surface area contributed by atoms with Crippen LogP contribution < -0.4 is 4.74 Å². The van der Waals surface area contributed by atoms with Crippen LogP contribution in [-0.2, 0) is 0 Å². The van der Waals surface area contributed by atoms with Crippen LogP contribution >= 0.6 is 0 Å². The lowest BCUT2D eigenvalue weighted by atomic mass is 10.0. The van der Waals surface area contributed by atoms with Gasteiger partial charge in [0.1, 0.15) is 11.6 Å². The summed E-state index contributed by atoms with van der Waals surface area (Å²) in [5.74, 6) is -1.07. The van der Waals surface area contributed by atoms with E-state index in [0.29, 0.717) is 0 Å². The molecule has 0 amide bonds. The van der Waals surface area contributed by atoms with Crippen LogP contribution in [0, 0.1) is 11.9 Å². The number of rotatable bonds is 2. The second-order valence-corrected chi connectivity index (χ2v) is 3.45. The molecule has 0 heterocycles. The van der Waals surface area contributed by atoms with Gasteiger partial charge in [-0.3, -0.25) is 0 Å². The number of ether oxygens (including phenoxy) is 1. The first-order valence-electron chi connectivity index (χ1n) is 4.98. The maximum absolute atomic E-state index is 13.5. The zero-order valence-corrected chi connectivity index (χ0v) is 8.96. The molecule has 0 aliphatic heterocycles. The van der Waals surface area contributed by atoms with Gasteiger partial charge in [0.2, 0.25) is 0 Å². The van der Waals surface area contributed by atoms with Crippen LogP contribution in [0.4, 0.5) is 17.6 Å². The van der Waals surface area contributed by atoms with Gasteiger partial charge < -0.3 is 4.74 Å². The summed E-state index contributed by atoms with van der Waals surface area (Å²) in [6.45, 7) is 0. The Hall–Kier alpha value is -2.04. The first kappa shape index (κ1) is 12.4. The van der Waals surface area contributed by atoms with Crippen molar-refractivity contribution in [3.05, 3.63) is 54.3 Å². The van der Waals surface area contributed by atoms with E-state index in [1.54, 1.807) is 0 Å². The van der Waals surface area contributed by atoms with Gasteiger partial charge in [0.25, 0.3) is 0 Å². The predicted octanol–water partition coefficient (Wildman–Crippen LogP) is 4.19. The molecule has 1 nitrogen and oxygen atoms in total. The Morgan fingerprint density at radius 3 is 2.39 bits per heavy atom. The number of benzene rings is 2. The van der Waals surface area contributed by atoms with Gasteiger partial charge in [0, 0.05) is 11.1 Å². The Morgan fingerprint density at radius 2 is 1.72 bits per heavy atom. The highest BCUT2D eigenvalue weighted by molar-refractivity contribution is 5.70. The highest BCUT2D eigenvalue weighted by atomic mass is 19.4. The van der Waals surface area contributed by atoms with Crippen molar-refractivity contribution in [1.29, 1.82) is 0 Å². The largest absolute Gasteiger partial charge is 0.573 e. The number of hydrogen-bond donors (Lipinski definition) is 0. The molecule has 0 fully saturated rings. The SMILES string of the molecule is Fc1ccccc1-c1c[c]ccc1OC(F)(F)F. The summed E-state index contributed by atoms with van der Waals surface area (Å²) in [5.41, 5.74) is 0.0431. The summed E-state index contributed by atoms with van der Waals surface area (Å²) < 4.78 is 54.0. The molecule has 2 rings (SSSR count). The first-order chi connectivity index (χ1) is 8.47. The fraction of sp³-hybridized carbons (Fsp3) is 0.0769.